The summed E-state index contributed by atoms with van der Waals surface area (Å²) in [6, 6.07) is 11.0. The van der Waals surface area contributed by atoms with Crippen LogP contribution in [0.1, 0.15) is 46.9 Å². The van der Waals surface area contributed by atoms with Crippen LogP contribution in [0.15, 0.2) is 42.6 Å². The predicted molar refractivity (Wildman–Crippen MR) is 116 cm³/mol. The van der Waals surface area contributed by atoms with Crippen LogP contribution in [0.3, 0.4) is 0 Å². The highest BCUT2D eigenvalue weighted by molar-refractivity contribution is 5.93. The number of aromatic nitrogens is 3. The van der Waals surface area contributed by atoms with E-state index >= 15 is 0 Å². The second kappa shape index (κ2) is 8.39. The normalized spacial score (nSPS) is 16.1. The molecule has 1 fully saturated rings. The Hall–Kier alpha value is -3.39. The number of anilines is 2. The molecule has 0 unspecified atom stereocenters. The van der Waals surface area contributed by atoms with Crippen molar-refractivity contribution in [3.63, 3.8) is 0 Å². The molecule has 1 amide bonds. The van der Waals surface area contributed by atoms with Crippen molar-refractivity contribution in [1.29, 1.82) is 0 Å². The molecule has 0 saturated carbocycles. The van der Waals surface area contributed by atoms with Crippen LogP contribution in [0.25, 0.3) is 0 Å². The molecule has 31 heavy (non-hydrogen) atoms. The molecule has 3 heterocycles. The van der Waals surface area contributed by atoms with Gasteiger partial charge in [-0.3, -0.25) is 4.79 Å². The topological polar surface area (TPSA) is 104 Å². The Balaban J connectivity index is 1.40. The van der Waals surface area contributed by atoms with Crippen molar-refractivity contribution in [2.75, 3.05) is 18.5 Å². The highest BCUT2D eigenvalue weighted by Gasteiger charge is 2.28. The second-order valence-corrected chi connectivity index (χ2v) is 7.92. The highest BCUT2D eigenvalue weighted by atomic mass is 16.5. The third kappa shape index (κ3) is 4.11. The van der Waals surface area contributed by atoms with Gasteiger partial charge in [0.25, 0.3) is 0 Å². The lowest BCUT2D eigenvalue weighted by Crippen LogP contribution is -2.21. The van der Waals surface area contributed by atoms with Crippen molar-refractivity contribution in [3.8, 4) is 11.6 Å². The molecule has 1 aliphatic heterocycles. The minimum Gasteiger partial charge on any atom is -0.439 e. The molecule has 0 atom stereocenters. The fourth-order valence-corrected chi connectivity index (χ4v) is 4.22. The molecule has 1 aromatic carbocycles. The van der Waals surface area contributed by atoms with Crippen LogP contribution in [0.2, 0.25) is 0 Å². The van der Waals surface area contributed by atoms with Crippen LogP contribution in [-0.4, -0.2) is 33.9 Å². The summed E-state index contributed by atoms with van der Waals surface area (Å²) >= 11 is 0. The first kappa shape index (κ1) is 19.6. The highest BCUT2D eigenvalue weighted by Crippen LogP contribution is 2.38. The zero-order valence-corrected chi connectivity index (χ0v) is 17.2. The SMILES string of the molecule is NC(=O)c1cccc(Nc2cc(Oc3c4c(nn3C3CCOCC3)CCC4)ccn2)c1. The third-order valence-electron chi connectivity index (χ3n) is 5.79. The molecular weight excluding hydrogens is 394 g/mol. The number of hydrogen-bond acceptors (Lipinski definition) is 6. The van der Waals surface area contributed by atoms with Crippen LogP contribution >= 0.6 is 0 Å². The number of nitrogens with two attached hydrogens (primary N) is 1. The summed E-state index contributed by atoms with van der Waals surface area (Å²) in [6.45, 7) is 1.50. The van der Waals surface area contributed by atoms with Gasteiger partial charge in [-0.05, 0) is 56.4 Å². The van der Waals surface area contributed by atoms with E-state index in [0.29, 0.717) is 23.2 Å². The number of aryl methyl sites for hydroxylation is 1. The Labute approximate surface area is 180 Å². The first-order valence-electron chi connectivity index (χ1n) is 10.7. The van der Waals surface area contributed by atoms with E-state index < -0.39 is 5.91 Å². The summed E-state index contributed by atoms with van der Waals surface area (Å²) in [7, 11) is 0. The van der Waals surface area contributed by atoms with Crippen LogP contribution < -0.4 is 15.8 Å². The molecule has 1 aliphatic carbocycles. The number of rotatable bonds is 6. The molecule has 5 rings (SSSR count). The fourth-order valence-electron chi connectivity index (χ4n) is 4.22. The maximum Gasteiger partial charge on any atom is 0.248 e. The molecule has 0 bridgehead atoms. The quantitative estimate of drug-likeness (QED) is 0.631. The zero-order valence-electron chi connectivity index (χ0n) is 17.2. The fraction of sp³-hybridized carbons (Fsp3) is 0.348. The average molecular weight is 419 g/mol. The van der Waals surface area contributed by atoms with Gasteiger partial charge in [0, 0.05) is 42.3 Å². The second-order valence-electron chi connectivity index (χ2n) is 7.92. The largest absolute Gasteiger partial charge is 0.439 e. The Kier molecular flexibility index (Phi) is 5.30. The molecule has 3 aromatic rings. The van der Waals surface area contributed by atoms with Gasteiger partial charge in [0.1, 0.15) is 11.6 Å². The van der Waals surface area contributed by atoms with Crippen LogP contribution in [0, 0.1) is 0 Å². The first-order chi connectivity index (χ1) is 15.2. The zero-order chi connectivity index (χ0) is 21.2. The van der Waals surface area contributed by atoms with E-state index in [2.05, 4.69) is 15.0 Å². The summed E-state index contributed by atoms with van der Waals surface area (Å²) in [5.74, 6) is 1.68. The first-order valence-corrected chi connectivity index (χ1v) is 10.7. The van der Waals surface area contributed by atoms with Crippen molar-refractivity contribution in [2.45, 2.75) is 38.1 Å². The number of pyridine rings is 1. The number of ether oxygens (including phenoxy) is 2. The van der Waals surface area contributed by atoms with E-state index in [0.717, 1.165) is 62.6 Å². The van der Waals surface area contributed by atoms with Gasteiger partial charge in [-0.15, -0.1) is 0 Å². The van der Waals surface area contributed by atoms with E-state index in [1.165, 1.54) is 5.56 Å². The van der Waals surface area contributed by atoms with E-state index in [9.17, 15) is 4.79 Å². The van der Waals surface area contributed by atoms with E-state index in [1.54, 1.807) is 24.4 Å². The van der Waals surface area contributed by atoms with Gasteiger partial charge in [0.2, 0.25) is 11.8 Å². The van der Waals surface area contributed by atoms with Gasteiger partial charge >= 0.3 is 0 Å². The molecule has 0 spiro atoms. The predicted octanol–water partition coefficient (Wildman–Crippen LogP) is 3.75. The van der Waals surface area contributed by atoms with Crippen LogP contribution in [-0.2, 0) is 17.6 Å². The molecule has 8 heteroatoms. The Morgan fingerprint density at radius 1 is 1.19 bits per heavy atom. The number of fused-ring (bicyclic) bond motifs is 1. The summed E-state index contributed by atoms with van der Waals surface area (Å²) < 4.78 is 14.0. The molecule has 1 saturated heterocycles. The summed E-state index contributed by atoms with van der Waals surface area (Å²) in [6.07, 6.45) is 6.69. The number of primary amides is 1. The van der Waals surface area contributed by atoms with Crippen molar-refractivity contribution >= 4 is 17.4 Å². The lowest BCUT2D eigenvalue weighted by atomic mass is 10.1. The van der Waals surface area contributed by atoms with Crippen molar-refractivity contribution in [1.82, 2.24) is 14.8 Å². The van der Waals surface area contributed by atoms with E-state index in [4.69, 9.17) is 20.3 Å². The number of carbonyl (C=O) groups excluding carboxylic acids is 1. The number of benzene rings is 1. The molecule has 160 valence electrons. The number of nitrogens with zero attached hydrogens (tertiary/aromatic N) is 3. The molecular formula is C23H25N5O3. The third-order valence-corrected chi connectivity index (χ3v) is 5.79. The van der Waals surface area contributed by atoms with E-state index in [-0.39, 0.29) is 0 Å². The smallest absolute Gasteiger partial charge is 0.248 e. The van der Waals surface area contributed by atoms with Crippen molar-refractivity contribution in [3.05, 3.63) is 59.4 Å². The maximum atomic E-state index is 11.4. The summed E-state index contributed by atoms with van der Waals surface area (Å²) in [5, 5.41) is 8.10. The van der Waals surface area contributed by atoms with E-state index in [1.807, 2.05) is 18.2 Å². The lowest BCUT2D eigenvalue weighted by Gasteiger charge is -2.24. The van der Waals surface area contributed by atoms with Gasteiger partial charge < -0.3 is 20.5 Å². The molecule has 0 radical (unpaired) electrons. The summed E-state index contributed by atoms with van der Waals surface area (Å²) in [4.78, 5) is 15.8. The van der Waals surface area contributed by atoms with Gasteiger partial charge in [-0.25, -0.2) is 9.67 Å². The van der Waals surface area contributed by atoms with Gasteiger partial charge in [-0.1, -0.05) is 6.07 Å². The van der Waals surface area contributed by atoms with Crippen LogP contribution in [0.5, 0.6) is 11.6 Å². The van der Waals surface area contributed by atoms with Gasteiger partial charge in [0.05, 0.1) is 11.7 Å². The van der Waals surface area contributed by atoms with Crippen molar-refractivity contribution < 1.29 is 14.3 Å². The number of nitrogens with one attached hydrogen (secondary N) is 1. The number of amides is 1. The maximum absolute atomic E-state index is 11.4. The molecule has 8 nitrogen and oxygen atoms in total. The minimum absolute atomic E-state index is 0.297. The number of carbonyl (C=O) groups is 1. The molecule has 3 N–H and O–H groups in total. The molecule has 2 aliphatic rings. The standard InChI is InChI=1S/C23H25N5O3/c24-22(29)15-3-1-4-16(13-15)26-21-14-18(7-10-25-21)31-23-19-5-2-6-20(19)27-28(23)17-8-11-30-12-9-17/h1,3-4,7,10,13-14,17H,2,5-6,8-9,11-12H2,(H2,24,29)(H,25,26). The van der Waals surface area contributed by atoms with Gasteiger partial charge in [-0.2, -0.15) is 5.10 Å². The average Bonchev–Trinajstić information content (AvgIpc) is 3.37. The number of hydrogen-bond donors (Lipinski definition) is 2. The van der Waals surface area contributed by atoms with Gasteiger partial charge in [0.15, 0.2) is 0 Å². The minimum atomic E-state index is -0.469. The molecule has 2 aromatic heterocycles. The van der Waals surface area contributed by atoms with Crippen LogP contribution in [0.4, 0.5) is 11.5 Å². The monoisotopic (exact) mass is 419 g/mol. The van der Waals surface area contributed by atoms with Crippen molar-refractivity contribution in [2.24, 2.45) is 5.73 Å². The Morgan fingerprint density at radius 2 is 2.06 bits per heavy atom. The Bertz CT molecular complexity index is 1100. The lowest BCUT2D eigenvalue weighted by molar-refractivity contribution is 0.0641. The summed E-state index contributed by atoms with van der Waals surface area (Å²) in [5.41, 5.74) is 8.91. The Morgan fingerprint density at radius 3 is 2.90 bits per heavy atom.